The first-order chi connectivity index (χ1) is 11.6. The predicted molar refractivity (Wildman–Crippen MR) is 87.3 cm³/mol. The molecule has 6 heteroatoms. The summed E-state index contributed by atoms with van der Waals surface area (Å²) in [5, 5.41) is 0. The Hall–Kier alpha value is -1.14. The standard InChI is InChI=1S/C18H28N2O4/c1-13-8-15(13)17(22)20-11-18(12-20)9-14(4-7-24-18)23-10-16(21)19-5-2-3-6-19/h13-15H,2-12H2,1H3. The lowest BCUT2D eigenvalue weighted by atomic mass is 9.84. The van der Waals surface area contributed by atoms with Crippen LogP contribution in [0.15, 0.2) is 0 Å². The van der Waals surface area contributed by atoms with Crippen LogP contribution in [0.2, 0.25) is 0 Å². The van der Waals surface area contributed by atoms with E-state index in [1.54, 1.807) is 0 Å². The molecule has 134 valence electrons. The molecular weight excluding hydrogens is 308 g/mol. The van der Waals surface area contributed by atoms with Crippen LogP contribution in [0.5, 0.6) is 0 Å². The number of hydrogen-bond acceptors (Lipinski definition) is 4. The van der Waals surface area contributed by atoms with Gasteiger partial charge >= 0.3 is 0 Å². The van der Waals surface area contributed by atoms with E-state index < -0.39 is 0 Å². The molecule has 3 unspecified atom stereocenters. The van der Waals surface area contributed by atoms with Crippen LogP contribution in [-0.4, -0.2) is 72.7 Å². The van der Waals surface area contributed by atoms with Crippen LogP contribution < -0.4 is 0 Å². The predicted octanol–water partition coefficient (Wildman–Crippen LogP) is 1.04. The summed E-state index contributed by atoms with van der Waals surface area (Å²) in [7, 11) is 0. The molecule has 2 amide bonds. The van der Waals surface area contributed by atoms with Crippen molar-refractivity contribution in [2.45, 2.75) is 50.7 Å². The molecule has 1 saturated carbocycles. The molecule has 1 spiro atoms. The number of hydrogen-bond donors (Lipinski definition) is 0. The highest BCUT2D eigenvalue weighted by atomic mass is 16.5. The minimum Gasteiger partial charge on any atom is -0.371 e. The second kappa shape index (κ2) is 6.30. The van der Waals surface area contributed by atoms with Gasteiger partial charge in [0.25, 0.3) is 0 Å². The van der Waals surface area contributed by atoms with Gasteiger partial charge in [0.1, 0.15) is 12.2 Å². The van der Waals surface area contributed by atoms with Gasteiger partial charge in [0.05, 0.1) is 19.2 Å². The average molecular weight is 336 g/mol. The Morgan fingerprint density at radius 1 is 1.21 bits per heavy atom. The lowest BCUT2D eigenvalue weighted by Crippen LogP contribution is -2.67. The summed E-state index contributed by atoms with van der Waals surface area (Å²) in [6.45, 7) is 6.10. The Morgan fingerprint density at radius 2 is 1.92 bits per heavy atom. The Kier molecular flexibility index (Phi) is 4.29. The van der Waals surface area contributed by atoms with Crippen LogP contribution >= 0.6 is 0 Å². The maximum absolute atomic E-state index is 12.3. The third-order valence-corrected chi connectivity index (χ3v) is 6.05. The van der Waals surface area contributed by atoms with Gasteiger partial charge in [-0.25, -0.2) is 0 Å². The summed E-state index contributed by atoms with van der Waals surface area (Å²) in [4.78, 5) is 28.2. The molecule has 0 radical (unpaired) electrons. The second-order valence-corrected chi connectivity index (χ2v) is 8.06. The summed E-state index contributed by atoms with van der Waals surface area (Å²) < 4.78 is 11.9. The molecule has 0 aromatic heterocycles. The molecule has 4 aliphatic rings. The van der Waals surface area contributed by atoms with E-state index in [0.29, 0.717) is 31.5 Å². The minimum absolute atomic E-state index is 0.0717. The summed E-state index contributed by atoms with van der Waals surface area (Å²) in [5.74, 6) is 1.20. The largest absolute Gasteiger partial charge is 0.371 e. The van der Waals surface area contributed by atoms with Crippen molar-refractivity contribution in [1.29, 1.82) is 0 Å². The molecular formula is C18H28N2O4. The summed E-state index contributed by atoms with van der Waals surface area (Å²) in [6.07, 6.45) is 4.95. The smallest absolute Gasteiger partial charge is 0.248 e. The van der Waals surface area contributed by atoms with Crippen LogP contribution in [-0.2, 0) is 19.1 Å². The molecule has 6 nitrogen and oxygen atoms in total. The first kappa shape index (κ1) is 16.3. The number of ether oxygens (including phenoxy) is 2. The van der Waals surface area contributed by atoms with E-state index >= 15 is 0 Å². The molecule has 24 heavy (non-hydrogen) atoms. The Morgan fingerprint density at radius 3 is 2.58 bits per heavy atom. The monoisotopic (exact) mass is 336 g/mol. The van der Waals surface area contributed by atoms with Crippen LogP contribution in [0.25, 0.3) is 0 Å². The Labute approximate surface area is 143 Å². The third kappa shape index (κ3) is 3.18. The van der Waals surface area contributed by atoms with E-state index in [4.69, 9.17) is 9.47 Å². The highest BCUT2D eigenvalue weighted by molar-refractivity contribution is 5.82. The molecule has 3 saturated heterocycles. The van der Waals surface area contributed by atoms with Gasteiger partial charge in [0, 0.05) is 32.0 Å². The van der Waals surface area contributed by atoms with Crippen molar-refractivity contribution < 1.29 is 19.1 Å². The number of rotatable bonds is 4. The molecule has 0 aromatic carbocycles. The molecule has 0 bridgehead atoms. The zero-order valence-electron chi connectivity index (χ0n) is 14.5. The normalized spacial score (nSPS) is 34.3. The van der Waals surface area contributed by atoms with E-state index in [-0.39, 0.29) is 30.1 Å². The van der Waals surface area contributed by atoms with Crippen LogP contribution in [0.3, 0.4) is 0 Å². The second-order valence-electron chi connectivity index (χ2n) is 8.06. The SMILES string of the molecule is CC1CC1C(=O)N1CC2(CC(OCC(=O)N3CCCC3)CCO2)C1. The maximum Gasteiger partial charge on any atom is 0.248 e. The fourth-order valence-corrected chi connectivity index (χ4v) is 4.30. The zero-order valence-corrected chi connectivity index (χ0v) is 14.5. The van der Waals surface area contributed by atoms with E-state index in [0.717, 1.165) is 45.2 Å². The third-order valence-electron chi connectivity index (χ3n) is 6.05. The number of amides is 2. The zero-order chi connectivity index (χ0) is 16.7. The number of nitrogens with zero attached hydrogens (tertiary/aromatic N) is 2. The molecule has 3 aliphatic heterocycles. The Balaban J connectivity index is 1.23. The fourth-order valence-electron chi connectivity index (χ4n) is 4.30. The number of carbonyl (C=O) groups excluding carboxylic acids is 2. The first-order valence-electron chi connectivity index (χ1n) is 9.38. The van der Waals surface area contributed by atoms with Crippen molar-refractivity contribution in [3.05, 3.63) is 0 Å². The van der Waals surface area contributed by atoms with Gasteiger partial charge in [-0.1, -0.05) is 6.92 Å². The lowest BCUT2D eigenvalue weighted by Gasteiger charge is -2.53. The van der Waals surface area contributed by atoms with Crippen LogP contribution in [0.1, 0.15) is 39.0 Å². The first-order valence-corrected chi connectivity index (χ1v) is 9.38. The van der Waals surface area contributed by atoms with Gasteiger partial charge in [-0.2, -0.15) is 0 Å². The molecule has 4 rings (SSSR count). The van der Waals surface area contributed by atoms with Gasteiger partial charge in [-0.3, -0.25) is 9.59 Å². The topological polar surface area (TPSA) is 59.1 Å². The molecule has 1 aliphatic carbocycles. The van der Waals surface area contributed by atoms with Crippen molar-refractivity contribution in [3.8, 4) is 0 Å². The van der Waals surface area contributed by atoms with Gasteiger partial charge in [0.2, 0.25) is 11.8 Å². The van der Waals surface area contributed by atoms with Gasteiger partial charge in [0.15, 0.2) is 0 Å². The van der Waals surface area contributed by atoms with Crippen molar-refractivity contribution in [3.63, 3.8) is 0 Å². The van der Waals surface area contributed by atoms with Crippen molar-refractivity contribution in [2.75, 3.05) is 39.4 Å². The molecule has 0 aromatic rings. The summed E-state index contributed by atoms with van der Waals surface area (Å²) >= 11 is 0. The minimum atomic E-state index is -0.229. The highest BCUT2D eigenvalue weighted by Gasteiger charge is 2.53. The molecule has 3 heterocycles. The van der Waals surface area contributed by atoms with Gasteiger partial charge < -0.3 is 19.3 Å². The average Bonchev–Trinajstić information content (AvgIpc) is 3.05. The van der Waals surface area contributed by atoms with Gasteiger partial charge in [-0.15, -0.1) is 0 Å². The van der Waals surface area contributed by atoms with Crippen molar-refractivity contribution in [2.24, 2.45) is 11.8 Å². The molecule has 4 fully saturated rings. The van der Waals surface area contributed by atoms with E-state index in [1.165, 1.54) is 0 Å². The summed E-state index contributed by atoms with van der Waals surface area (Å²) in [6, 6.07) is 0. The van der Waals surface area contributed by atoms with Crippen LogP contribution in [0, 0.1) is 11.8 Å². The van der Waals surface area contributed by atoms with Crippen molar-refractivity contribution >= 4 is 11.8 Å². The van der Waals surface area contributed by atoms with E-state index in [2.05, 4.69) is 6.92 Å². The fraction of sp³-hybridized carbons (Fsp3) is 0.889. The quantitative estimate of drug-likeness (QED) is 0.770. The summed E-state index contributed by atoms with van der Waals surface area (Å²) in [5.41, 5.74) is -0.229. The Bertz CT molecular complexity index is 511. The van der Waals surface area contributed by atoms with E-state index in [1.807, 2.05) is 9.80 Å². The van der Waals surface area contributed by atoms with Crippen molar-refractivity contribution in [1.82, 2.24) is 9.80 Å². The van der Waals surface area contributed by atoms with Gasteiger partial charge in [-0.05, 0) is 31.6 Å². The van der Waals surface area contributed by atoms with Crippen LogP contribution in [0.4, 0.5) is 0 Å². The van der Waals surface area contributed by atoms with E-state index in [9.17, 15) is 9.59 Å². The maximum atomic E-state index is 12.3. The number of carbonyl (C=O) groups is 2. The lowest BCUT2D eigenvalue weighted by molar-refractivity contribution is -0.202. The highest BCUT2D eigenvalue weighted by Crippen LogP contribution is 2.43. The molecule has 3 atom stereocenters. The number of likely N-dealkylation sites (tertiary alicyclic amines) is 2. The molecule has 0 N–H and O–H groups in total.